The van der Waals surface area contributed by atoms with Gasteiger partial charge in [0.05, 0.1) is 18.9 Å². The molecule has 0 unspecified atom stereocenters. The minimum absolute atomic E-state index is 0.139. The van der Waals surface area contributed by atoms with Crippen LogP contribution in [0.3, 0.4) is 0 Å². The fourth-order valence-electron chi connectivity index (χ4n) is 2.43. The van der Waals surface area contributed by atoms with Crippen molar-refractivity contribution in [3.8, 4) is 5.75 Å². The van der Waals surface area contributed by atoms with Gasteiger partial charge in [-0.3, -0.25) is 4.79 Å². The van der Waals surface area contributed by atoms with Gasteiger partial charge in [-0.1, -0.05) is 0 Å². The summed E-state index contributed by atoms with van der Waals surface area (Å²) in [5.41, 5.74) is 6.75. The molecule has 0 aromatic heterocycles. The quantitative estimate of drug-likeness (QED) is 0.713. The lowest BCUT2D eigenvalue weighted by molar-refractivity contribution is 0.0945. The second-order valence-electron chi connectivity index (χ2n) is 5.00. The van der Waals surface area contributed by atoms with Gasteiger partial charge in [-0.2, -0.15) is 0 Å². The maximum Gasteiger partial charge on any atom is 0.251 e. The molecule has 19 heavy (non-hydrogen) atoms. The van der Waals surface area contributed by atoms with Gasteiger partial charge in [-0.25, -0.2) is 0 Å². The number of nitrogen functional groups attached to an aromatic ring is 1. The summed E-state index contributed by atoms with van der Waals surface area (Å²) in [5.74, 6) is 0.734. The summed E-state index contributed by atoms with van der Waals surface area (Å²) in [7, 11) is 1.52. The first kappa shape index (κ1) is 13.7. The second kappa shape index (κ2) is 5.93. The summed E-state index contributed by atoms with van der Waals surface area (Å²) in [6.07, 6.45) is 2.35. The summed E-state index contributed by atoms with van der Waals surface area (Å²) in [6.45, 7) is 0.600. The zero-order valence-corrected chi connectivity index (χ0v) is 11.1. The number of aliphatic hydroxyl groups excluding tert-OH is 1. The Morgan fingerprint density at radius 2 is 2.32 bits per heavy atom. The number of ether oxygens (including phenoxy) is 1. The Balaban J connectivity index is 1.92. The zero-order chi connectivity index (χ0) is 13.8. The number of carbonyl (C=O) groups excluding carboxylic acids is 1. The molecule has 5 nitrogen and oxygen atoms in total. The molecule has 2 atom stereocenters. The first-order valence-electron chi connectivity index (χ1n) is 6.50. The summed E-state index contributed by atoms with van der Waals surface area (Å²) in [4.78, 5) is 12.0. The summed E-state index contributed by atoms with van der Waals surface area (Å²) < 4.78 is 5.09. The highest BCUT2D eigenvalue weighted by Gasteiger charge is 2.23. The van der Waals surface area contributed by atoms with Crippen molar-refractivity contribution in [1.82, 2.24) is 5.32 Å². The Labute approximate surface area is 112 Å². The molecule has 4 N–H and O–H groups in total. The molecule has 0 bridgehead atoms. The molecule has 1 aromatic rings. The van der Waals surface area contributed by atoms with E-state index in [1.165, 1.54) is 7.11 Å². The van der Waals surface area contributed by atoms with Crippen LogP contribution in [-0.4, -0.2) is 30.8 Å². The molecule has 0 saturated heterocycles. The lowest BCUT2D eigenvalue weighted by Gasteiger charge is -2.12. The van der Waals surface area contributed by atoms with Crippen molar-refractivity contribution in [2.24, 2.45) is 5.92 Å². The molecular formula is C14H20N2O3. The number of nitrogens with one attached hydrogen (secondary N) is 1. The van der Waals surface area contributed by atoms with E-state index < -0.39 is 0 Å². The van der Waals surface area contributed by atoms with Crippen LogP contribution in [0.4, 0.5) is 5.69 Å². The van der Waals surface area contributed by atoms with Gasteiger partial charge in [0.15, 0.2) is 0 Å². The van der Waals surface area contributed by atoms with Crippen LogP contribution in [0.25, 0.3) is 0 Å². The van der Waals surface area contributed by atoms with E-state index in [0.29, 0.717) is 29.5 Å². The van der Waals surface area contributed by atoms with Gasteiger partial charge in [-0.15, -0.1) is 0 Å². The second-order valence-corrected chi connectivity index (χ2v) is 5.00. The van der Waals surface area contributed by atoms with E-state index in [1.54, 1.807) is 18.2 Å². The average molecular weight is 264 g/mol. The molecule has 0 radical (unpaired) electrons. The molecule has 1 fully saturated rings. The predicted molar refractivity (Wildman–Crippen MR) is 73.1 cm³/mol. The van der Waals surface area contributed by atoms with Crippen molar-refractivity contribution in [3.05, 3.63) is 23.8 Å². The maximum atomic E-state index is 12.0. The van der Waals surface area contributed by atoms with E-state index in [2.05, 4.69) is 5.32 Å². The highest BCUT2D eigenvalue weighted by Crippen LogP contribution is 2.25. The third-order valence-corrected chi connectivity index (χ3v) is 3.56. The number of amides is 1. The molecule has 2 rings (SSSR count). The fourth-order valence-corrected chi connectivity index (χ4v) is 2.43. The standard InChI is InChI=1S/C14H20N2O3/c1-19-13-7-10(3-5-12(13)15)14(18)16-8-9-2-4-11(17)6-9/h3,5,7,9,11,17H,2,4,6,8,15H2,1H3,(H,16,18)/t9-,11-/m1/s1. The summed E-state index contributed by atoms with van der Waals surface area (Å²) >= 11 is 0. The van der Waals surface area contributed by atoms with Gasteiger partial charge in [0, 0.05) is 12.1 Å². The first-order chi connectivity index (χ1) is 9.10. The number of hydrogen-bond acceptors (Lipinski definition) is 4. The highest BCUT2D eigenvalue weighted by molar-refractivity contribution is 5.95. The first-order valence-corrected chi connectivity index (χ1v) is 6.50. The van der Waals surface area contributed by atoms with E-state index in [1.807, 2.05) is 0 Å². The molecular weight excluding hydrogens is 244 g/mol. The van der Waals surface area contributed by atoms with Crippen molar-refractivity contribution in [1.29, 1.82) is 0 Å². The Morgan fingerprint density at radius 3 is 2.95 bits per heavy atom. The number of hydrogen-bond donors (Lipinski definition) is 3. The largest absolute Gasteiger partial charge is 0.495 e. The van der Waals surface area contributed by atoms with Gasteiger partial charge >= 0.3 is 0 Å². The minimum Gasteiger partial charge on any atom is -0.495 e. The number of rotatable bonds is 4. The lowest BCUT2D eigenvalue weighted by atomic mass is 10.1. The van der Waals surface area contributed by atoms with E-state index in [-0.39, 0.29) is 12.0 Å². The van der Waals surface area contributed by atoms with Crippen LogP contribution in [0.1, 0.15) is 29.6 Å². The van der Waals surface area contributed by atoms with Crippen LogP contribution in [0, 0.1) is 5.92 Å². The number of nitrogens with two attached hydrogens (primary N) is 1. The van der Waals surface area contributed by atoms with Crippen LogP contribution in [-0.2, 0) is 0 Å². The van der Waals surface area contributed by atoms with Gasteiger partial charge in [-0.05, 0) is 43.4 Å². The SMILES string of the molecule is COc1cc(C(=O)NC[C@@H]2CC[C@@H](O)C2)ccc1N. The van der Waals surface area contributed by atoms with E-state index >= 15 is 0 Å². The third kappa shape index (κ3) is 3.38. The smallest absolute Gasteiger partial charge is 0.251 e. The van der Waals surface area contributed by atoms with Gasteiger partial charge in [0.25, 0.3) is 5.91 Å². The summed E-state index contributed by atoms with van der Waals surface area (Å²) in [6, 6.07) is 4.97. The number of anilines is 1. The third-order valence-electron chi connectivity index (χ3n) is 3.56. The monoisotopic (exact) mass is 264 g/mol. The Kier molecular flexibility index (Phi) is 4.27. The number of methoxy groups -OCH3 is 1. The van der Waals surface area contributed by atoms with Crippen LogP contribution in [0.15, 0.2) is 18.2 Å². The molecule has 104 valence electrons. The topological polar surface area (TPSA) is 84.6 Å². The van der Waals surface area contributed by atoms with Crippen molar-refractivity contribution >= 4 is 11.6 Å². The maximum absolute atomic E-state index is 12.0. The Bertz CT molecular complexity index is 462. The van der Waals surface area contributed by atoms with Crippen molar-refractivity contribution in [2.45, 2.75) is 25.4 Å². The van der Waals surface area contributed by atoms with Crippen LogP contribution in [0.5, 0.6) is 5.75 Å². The lowest BCUT2D eigenvalue weighted by Crippen LogP contribution is -2.28. The minimum atomic E-state index is -0.210. The van der Waals surface area contributed by atoms with E-state index in [9.17, 15) is 9.90 Å². The molecule has 0 aliphatic heterocycles. The number of benzene rings is 1. The van der Waals surface area contributed by atoms with Crippen molar-refractivity contribution in [3.63, 3.8) is 0 Å². The fraction of sp³-hybridized carbons (Fsp3) is 0.500. The van der Waals surface area contributed by atoms with E-state index in [0.717, 1.165) is 19.3 Å². The highest BCUT2D eigenvalue weighted by atomic mass is 16.5. The van der Waals surface area contributed by atoms with Gasteiger partial charge < -0.3 is 20.9 Å². The van der Waals surface area contributed by atoms with Crippen molar-refractivity contribution in [2.75, 3.05) is 19.4 Å². The molecule has 0 heterocycles. The normalized spacial score (nSPS) is 22.2. The molecule has 1 saturated carbocycles. The predicted octanol–water partition coefficient (Wildman–Crippen LogP) is 1.17. The van der Waals surface area contributed by atoms with Crippen LogP contribution < -0.4 is 15.8 Å². The van der Waals surface area contributed by atoms with Gasteiger partial charge in [0.1, 0.15) is 5.75 Å². The van der Waals surface area contributed by atoms with Crippen molar-refractivity contribution < 1.29 is 14.6 Å². The zero-order valence-electron chi connectivity index (χ0n) is 11.1. The van der Waals surface area contributed by atoms with Crippen LogP contribution in [0.2, 0.25) is 0 Å². The summed E-state index contributed by atoms with van der Waals surface area (Å²) in [5, 5.41) is 12.3. The number of aliphatic hydroxyl groups is 1. The van der Waals surface area contributed by atoms with E-state index in [4.69, 9.17) is 10.5 Å². The Morgan fingerprint density at radius 1 is 1.53 bits per heavy atom. The molecule has 1 aliphatic carbocycles. The molecule has 0 spiro atoms. The molecule has 1 amide bonds. The van der Waals surface area contributed by atoms with Crippen LogP contribution >= 0.6 is 0 Å². The Hall–Kier alpha value is -1.75. The van der Waals surface area contributed by atoms with Gasteiger partial charge in [0.2, 0.25) is 0 Å². The molecule has 5 heteroatoms. The average Bonchev–Trinajstić information content (AvgIpc) is 2.82. The molecule has 1 aromatic carbocycles. The number of carbonyl (C=O) groups is 1. The molecule has 1 aliphatic rings.